The maximum absolute atomic E-state index is 12.2. The first kappa shape index (κ1) is 13.5. The highest BCUT2D eigenvalue weighted by atomic mass is 16.4. The molecule has 2 rings (SSSR count). The van der Waals surface area contributed by atoms with Gasteiger partial charge in [-0.1, -0.05) is 6.92 Å². The highest BCUT2D eigenvalue weighted by Gasteiger charge is 2.41. The molecule has 1 aromatic rings. The van der Waals surface area contributed by atoms with E-state index in [4.69, 9.17) is 0 Å². The highest BCUT2D eigenvalue weighted by Crippen LogP contribution is 2.37. The minimum absolute atomic E-state index is 0.215. The molecule has 5 nitrogen and oxygen atoms in total. The molecule has 3 unspecified atom stereocenters. The molecule has 1 amide bonds. The first-order valence-electron chi connectivity index (χ1n) is 6.44. The predicted octanol–water partition coefficient (Wildman–Crippen LogP) is 2.08. The molecular weight excluding hydrogens is 244 g/mol. The standard InChI is InChI=1S/C14H18N2O3/c1-8-6-10(11(7-8)14(18)19)13(17)16-12-4-3-5-15-9(12)2/h3-5,8,10-11H,6-7H2,1-2H3,(H,16,17)(H,18,19). The second-order valence-corrected chi connectivity index (χ2v) is 5.25. The monoisotopic (exact) mass is 262 g/mol. The second kappa shape index (κ2) is 5.38. The number of carboxylic acids is 1. The van der Waals surface area contributed by atoms with Crippen LogP contribution in [0.3, 0.4) is 0 Å². The molecule has 0 saturated heterocycles. The van der Waals surface area contributed by atoms with Gasteiger partial charge in [0.05, 0.1) is 23.2 Å². The number of anilines is 1. The molecule has 2 N–H and O–H groups in total. The summed E-state index contributed by atoms with van der Waals surface area (Å²) in [4.78, 5) is 27.5. The molecule has 1 heterocycles. The van der Waals surface area contributed by atoms with Gasteiger partial charge >= 0.3 is 5.97 Å². The molecule has 1 aliphatic rings. The number of aliphatic carboxylic acids is 1. The zero-order valence-electron chi connectivity index (χ0n) is 11.1. The average molecular weight is 262 g/mol. The third-order valence-electron chi connectivity index (χ3n) is 3.72. The molecular formula is C14H18N2O3. The normalized spacial score (nSPS) is 26.1. The number of carbonyl (C=O) groups excluding carboxylic acids is 1. The topological polar surface area (TPSA) is 79.3 Å². The van der Waals surface area contributed by atoms with Crippen LogP contribution in [0.25, 0.3) is 0 Å². The van der Waals surface area contributed by atoms with Crippen molar-refractivity contribution in [3.63, 3.8) is 0 Å². The van der Waals surface area contributed by atoms with Gasteiger partial charge in [0, 0.05) is 6.20 Å². The Morgan fingerprint density at radius 2 is 2.05 bits per heavy atom. The van der Waals surface area contributed by atoms with E-state index in [1.807, 2.05) is 13.8 Å². The predicted molar refractivity (Wildman–Crippen MR) is 70.6 cm³/mol. The Kier molecular flexibility index (Phi) is 3.83. The number of amides is 1. The summed E-state index contributed by atoms with van der Waals surface area (Å²) in [5.41, 5.74) is 1.38. The van der Waals surface area contributed by atoms with Crippen molar-refractivity contribution in [1.82, 2.24) is 4.98 Å². The lowest BCUT2D eigenvalue weighted by Gasteiger charge is -2.16. The van der Waals surface area contributed by atoms with Crippen LogP contribution in [0.2, 0.25) is 0 Å². The molecule has 5 heteroatoms. The smallest absolute Gasteiger partial charge is 0.307 e. The summed E-state index contributed by atoms with van der Waals surface area (Å²) in [5.74, 6) is -1.86. The Morgan fingerprint density at radius 3 is 2.68 bits per heavy atom. The summed E-state index contributed by atoms with van der Waals surface area (Å²) >= 11 is 0. The maximum atomic E-state index is 12.2. The quantitative estimate of drug-likeness (QED) is 0.874. The SMILES string of the molecule is Cc1ncccc1NC(=O)C1CC(C)CC1C(=O)O. The first-order chi connectivity index (χ1) is 8.99. The van der Waals surface area contributed by atoms with Crippen LogP contribution in [0, 0.1) is 24.7 Å². The van der Waals surface area contributed by atoms with E-state index in [9.17, 15) is 14.7 Å². The van der Waals surface area contributed by atoms with Gasteiger partial charge in [0.15, 0.2) is 0 Å². The Bertz CT molecular complexity index is 501. The van der Waals surface area contributed by atoms with Crippen molar-refractivity contribution in [2.75, 3.05) is 5.32 Å². The van der Waals surface area contributed by atoms with Crippen LogP contribution in [0.4, 0.5) is 5.69 Å². The number of aryl methyl sites for hydroxylation is 1. The molecule has 1 fully saturated rings. The molecule has 0 aromatic carbocycles. The number of pyridine rings is 1. The molecule has 3 atom stereocenters. The van der Waals surface area contributed by atoms with Gasteiger partial charge in [0.2, 0.25) is 5.91 Å². The molecule has 1 aliphatic carbocycles. The van der Waals surface area contributed by atoms with Crippen molar-refractivity contribution in [3.05, 3.63) is 24.0 Å². The van der Waals surface area contributed by atoms with Crippen LogP contribution in [0.5, 0.6) is 0 Å². The summed E-state index contributed by atoms with van der Waals surface area (Å²) in [7, 11) is 0. The largest absolute Gasteiger partial charge is 0.481 e. The number of hydrogen-bond acceptors (Lipinski definition) is 3. The summed E-state index contributed by atoms with van der Waals surface area (Å²) in [5, 5.41) is 12.0. The van der Waals surface area contributed by atoms with Crippen LogP contribution in [-0.4, -0.2) is 22.0 Å². The van der Waals surface area contributed by atoms with Crippen molar-refractivity contribution in [3.8, 4) is 0 Å². The lowest BCUT2D eigenvalue weighted by molar-refractivity contribution is -0.145. The Morgan fingerprint density at radius 1 is 1.37 bits per heavy atom. The van der Waals surface area contributed by atoms with Crippen LogP contribution in [0.1, 0.15) is 25.5 Å². The lowest BCUT2D eigenvalue weighted by Crippen LogP contribution is -2.30. The molecule has 19 heavy (non-hydrogen) atoms. The fourth-order valence-electron chi connectivity index (χ4n) is 2.70. The Labute approximate surface area is 112 Å². The Hall–Kier alpha value is -1.91. The number of rotatable bonds is 3. The summed E-state index contributed by atoms with van der Waals surface area (Å²) in [6, 6.07) is 3.52. The molecule has 0 spiro atoms. The van der Waals surface area contributed by atoms with Gasteiger partial charge in [0.1, 0.15) is 0 Å². The maximum Gasteiger partial charge on any atom is 0.307 e. The number of carboxylic acid groups (broad SMARTS) is 1. The second-order valence-electron chi connectivity index (χ2n) is 5.25. The van der Waals surface area contributed by atoms with E-state index < -0.39 is 17.8 Å². The van der Waals surface area contributed by atoms with E-state index >= 15 is 0 Å². The third kappa shape index (κ3) is 2.92. The highest BCUT2D eigenvalue weighted by molar-refractivity contribution is 5.95. The van der Waals surface area contributed by atoms with Crippen molar-refractivity contribution in [2.24, 2.45) is 17.8 Å². The van der Waals surface area contributed by atoms with Crippen molar-refractivity contribution in [2.45, 2.75) is 26.7 Å². The lowest BCUT2D eigenvalue weighted by atomic mass is 9.95. The number of nitrogens with zero attached hydrogens (tertiary/aromatic N) is 1. The minimum atomic E-state index is -0.882. The Balaban J connectivity index is 2.11. The fraction of sp³-hybridized carbons (Fsp3) is 0.500. The fourth-order valence-corrected chi connectivity index (χ4v) is 2.70. The van der Waals surface area contributed by atoms with Gasteiger partial charge in [-0.25, -0.2) is 0 Å². The average Bonchev–Trinajstić information content (AvgIpc) is 2.74. The number of hydrogen-bond donors (Lipinski definition) is 2. The summed E-state index contributed by atoms with van der Waals surface area (Å²) < 4.78 is 0. The molecule has 1 saturated carbocycles. The zero-order valence-corrected chi connectivity index (χ0v) is 11.1. The van der Waals surface area contributed by atoms with E-state index in [2.05, 4.69) is 10.3 Å². The van der Waals surface area contributed by atoms with E-state index in [0.717, 1.165) is 5.69 Å². The van der Waals surface area contributed by atoms with Crippen LogP contribution in [-0.2, 0) is 9.59 Å². The number of nitrogens with one attached hydrogen (secondary N) is 1. The van der Waals surface area contributed by atoms with Crippen LogP contribution < -0.4 is 5.32 Å². The third-order valence-corrected chi connectivity index (χ3v) is 3.72. The first-order valence-corrected chi connectivity index (χ1v) is 6.44. The van der Waals surface area contributed by atoms with Gasteiger partial charge in [-0.3, -0.25) is 14.6 Å². The summed E-state index contributed by atoms with van der Waals surface area (Å²) in [6.45, 7) is 3.79. The van der Waals surface area contributed by atoms with Gasteiger partial charge < -0.3 is 10.4 Å². The van der Waals surface area contributed by atoms with Crippen molar-refractivity contribution < 1.29 is 14.7 Å². The number of carbonyl (C=O) groups is 2. The molecule has 0 aliphatic heterocycles. The van der Waals surface area contributed by atoms with E-state index in [0.29, 0.717) is 18.5 Å². The summed E-state index contributed by atoms with van der Waals surface area (Å²) in [6.07, 6.45) is 2.85. The van der Waals surface area contributed by atoms with E-state index in [1.165, 1.54) is 0 Å². The van der Waals surface area contributed by atoms with E-state index in [1.54, 1.807) is 18.3 Å². The molecule has 0 radical (unpaired) electrons. The number of aromatic nitrogens is 1. The van der Waals surface area contributed by atoms with Gasteiger partial charge in [0.25, 0.3) is 0 Å². The molecule has 0 bridgehead atoms. The molecule has 1 aromatic heterocycles. The van der Waals surface area contributed by atoms with Crippen LogP contribution >= 0.6 is 0 Å². The molecule has 102 valence electrons. The minimum Gasteiger partial charge on any atom is -0.481 e. The van der Waals surface area contributed by atoms with Gasteiger partial charge in [-0.05, 0) is 37.8 Å². The van der Waals surface area contributed by atoms with Gasteiger partial charge in [-0.15, -0.1) is 0 Å². The van der Waals surface area contributed by atoms with Crippen molar-refractivity contribution >= 4 is 17.6 Å². The van der Waals surface area contributed by atoms with E-state index in [-0.39, 0.29) is 11.8 Å². The van der Waals surface area contributed by atoms with Crippen molar-refractivity contribution in [1.29, 1.82) is 0 Å². The van der Waals surface area contributed by atoms with Crippen LogP contribution in [0.15, 0.2) is 18.3 Å². The van der Waals surface area contributed by atoms with Gasteiger partial charge in [-0.2, -0.15) is 0 Å². The zero-order chi connectivity index (χ0) is 14.0.